The number of aryl methyl sites for hydroxylation is 1. The van der Waals surface area contributed by atoms with E-state index >= 15 is 0 Å². The lowest BCUT2D eigenvalue weighted by molar-refractivity contribution is 0.0946. The van der Waals surface area contributed by atoms with Crippen molar-refractivity contribution in [2.45, 2.75) is 13.5 Å². The second-order valence-corrected chi connectivity index (χ2v) is 7.05. The van der Waals surface area contributed by atoms with Crippen LogP contribution < -0.4 is 5.32 Å². The number of hydrogen-bond donors (Lipinski definition) is 1. The molecule has 1 N–H and O–H groups in total. The number of para-hydroxylation sites is 1. The zero-order valence-corrected chi connectivity index (χ0v) is 15.1. The van der Waals surface area contributed by atoms with Crippen molar-refractivity contribution in [1.82, 2.24) is 15.3 Å². The lowest BCUT2D eigenvalue weighted by Crippen LogP contribution is -2.23. The summed E-state index contributed by atoms with van der Waals surface area (Å²) >= 11 is 1.61. The van der Waals surface area contributed by atoms with Gasteiger partial charge in [0.25, 0.3) is 5.91 Å². The Hall–Kier alpha value is -3.05. The maximum Gasteiger partial charge on any atom is 0.270 e. The first-order valence-electron chi connectivity index (χ1n) is 8.36. The topological polar surface area (TPSA) is 54.9 Å². The van der Waals surface area contributed by atoms with Gasteiger partial charge >= 0.3 is 0 Å². The number of fused-ring (bicyclic) bond motifs is 1. The summed E-state index contributed by atoms with van der Waals surface area (Å²) in [6, 6.07) is 21.5. The first kappa shape index (κ1) is 16.4. The summed E-state index contributed by atoms with van der Waals surface area (Å²) in [5, 5.41) is 4.95. The van der Waals surface area contributed by atoms with Crippen molar-refractivity contribution in [2.75, 3.05) is 0 Å². The molecule has 2 aromatic carbocycles. The van der Waals surface area contributed by atoms with Crippen LogP contribution in [0.15, 0.2) is 66.7 Å². The van der Waals surface area contributed by atoms with Gasteiger partial charge in [-0.2, -0.15) is 0 Å². The van der Waals surface area contributed by atoms with E-state index in [1.807, 2.05) is 67.6 Å². The molecule has 26 heavy (non-hydrogen) atoms. The Balaban J connectivity index is 1.49. The van der Waals surface area contributed by atoms with E-state index in [0.717, 1.165) is 32.0 Å². The number of nitrogens with zero attached hydrogens (tertiary/aromatic N) is 2. The third kappa shape index (κ3) is 3.34. The van der Waals surface area contributed by atoms with E-state index in [0.29, 0.717) is 12.2 Å². The van der Waals surface area contributed by atoms with Gasteiger partial charge in [-0.25, -0.2) is 9.97 Å². The van der Waals surface area contributed by atoms with Gasteiger partial charge in [0.2, 0.25) is 0 Å². The summed E-state index contributed by atoms with van der Waals surface area (Å²) in [4.78, 5) is 22.6. The van der Waals surface area contributed by atoms with Crippen LogP contribution in [0.5, 0.6) is 0 Å². The van der Waals surface area contributed by atoms with Gasteiger partial charge in [-0.3, -0.25) is 4.79 Å². The monoisotopic (exact) mass is 359 g/mol. The van der Waals surface area contributed by atoms with Gasteiger partial charge in [0.15, 0.2) is 0 Å². The molecule has 2 heterocycles. The van der Waals surface area contributed by atoms with Gasteiger partial charge in [0, 0.05) is 15.8 Å². The molecule has 0 radical (unpaired) electrons. The Kier molecular flexibility index (Phi) is 4.46. The first-order chi connectivity index (χ1) is 12.7. The van der Waals surface area contributed by atoms with Crippen molar-refractivity contribution < 1.29 is 4.79 Å². The van der Waals surface area contributed by atoms with Crippen LogP contribution in [-0.4, -0.2) is 15.9 Å². The van der Waals surface area contributed by atoms with Crippen LogP contribution in [0.2, 0.25) is 0 Å². The number of rotatable bonds is 4. The maximum absolute atomic E-state index is 12.5. The number of nitrogens with one attached hydrogen (secondary N) is 1. The van der Waals surface area contributed by atoms with Gasteiger partial charge in [-0.15, -0.1) is 11.3 Å². The number of aromatic nitrogens is 2. The minimum absolute atomic E-state index is 0.176. The van der Waals surface area contributed by atoms with Crippen LogP contribution in [0, 0.1) is 6.92 Å². The van der Waals surface area contributed by atoms with Crippen molar-refractivity contribution in [3.05, 3.63) is 83.0 Å². The molecule has 0 atom stereocenters. The number of amides is 1. The van der Waals surface area contributed by atoms with E-state index in [9.17, 15) is 4.79 Å². The molecule has 0 aliphatic carbocycles. The summed E-state index contributed by atoms with van der Waals surface area (Å²) < 4.78 is 0. The normalized spacial score (nSPS) is 10.8. The van der Waals surface area contributed by atoms with E-state index in [-0.39, 0.29) is 5.91 Å². The molecule has 128 valence electrons. The first-order valence-corrected chi connectivity index (χ1v) is 9.18. The van der Waals surface area contributed by atoms with E-state index in [1.54, 1.807) is 17.4 Å². The molecule has 0 fully saturated rings. The fourth-order valence-corrected chi connectivity index (χ4v) is 3.75. The quantitative estimate of drug-likeness (QED) is 0.579. The van der Waals surface area contributed by atoms with E-state index < -0.39 is 0 Å². The Morgan fingerprint density at radius 2 is 1.73 bits per heavy atom. The molecule has 4 rings (SSSR count). The zero-order chi connectivity index (χ0) is 17.9. The van der Waals surface area contributed by atoms with Crippen LogP contribution in [0.3, 0.4) is 0 Å². The van der Waals surface area contributed by atoms with E-state index in [2.05, 4.69) is 15.3 Å². The molecule has 0 aliphatic rings. The molecule has 5 heteroatoms. The lowest BCUT2D eigenvalue weighted by Gasteiger charge is -2.05. The van der Waals surface area contributed by atoms with Crippen LogP contribution in [0.4, 0.5) is 0 Å². The molecule has 4 nitrogen and oxygen atoms in total. The standard InChI is InChI=1S/C21H17N3OS/c1-14-19(26-21(23-14)16-8-3-2-4-9-16)13-22-20(25)18-12-11-15-7-5-6-10-17(15)24-18/h2-12H,13H2,1H3,(H,22,25). The fraction of sp³-hybridized carbons (Fsp3) is 0.0952. The average Bonchev–Trinajstić information content (AvgIpc) is 3.07. The van der Waals surface area contributed by atoms with Crippen LogP contribution in [-0.2, 0) is 6.54 Å². The Morgan fingerprint density at radius 3 is 2.58 bits per heavy atom. The SMILES string of the molecule is Cc1nc(-c2ccccc2)sc1CNC(=O)c1ccc2ccccc2n1. The summed E-state index contributed by atoms with van der Waals surface area (Å²) in [6.45, 7) is 2.42. The van der Waals surface area contributed by atoms with Crippen LogP contribution in [0.1, 0.15) is 21.1 Å². The van der Waals surface area contributed by atoms with Gasteiger partial charge in [0.1, 0.15) is 10.7 Å². The third-order valence-corrected chi connectivity index (χ3v) is 5.36. The fourth-order valence-electron chi connectivity index (χ4n) is 2.74. The van der Waals surface area contributed by atoms with Crippen molar-refractivity contribution >= 4 is 28.1 Å². The second kappa shape index (κ2) is 7.06. The van der Waals surface area contributed by atoms with Crippen molar-refractivity contribution in [3.8, 4) is 10.6 Å². The molecular weight excluding hydrogens is 342 g/mol. The van der Waals surface area contributed by atoms with E-state index in [4.69, 9.17) is 0 Å². The Morgan fingerprint density at radius 1 is 0.962 bits per heavy atom. The largest absolute Gasteiger partial charge is 0.346 e. The van der Waals surface area contributed by atoms with E-state index in [1.165, 1.54) is 0 Å². The molecule has 4 aromatic rings. The number of pyridine rings is 1. The highest BCUT2D eigenvalue weighted by atomic mass is 32.1. The maximum atomic E-state index is 12.5. The van der Waals surface area contributed by atoms with Gasteiger partial charge in [-0.05, 0) is 19.1 Å². The second-order valence-electron chi connectivity index (χ2n) is 5.97. The highest BCUT2D eigenvalue weighted by Crippen LogP contribution is 2.27. The highest BCUT2D eigenvalue weighted by molar-refractivity contribution is 7.15. The molecule has 0 saturated heterocycles. The summed E-state index contributed by atoms with van der Waals surface area (Å²) in [7, 11) is 0. The molecule has 0 aliphatic heterocycles. The lowest BCUT2D eigenvalue weighted by atomic mass is 10.2. The summed E-state index contributed by atoms with van der Waals surface area (Å²) in [6.07, 6.45) is 0. The predicted molar refractivity (Wildman–Crippen MR) is 105 cm³/mol. The summed E-state index contributed by atoms with van der Waals surface area (Å²) in [5.74, 6) is -0.176. The zero-order valence-electron chi connectivity index (χ0n) is 14.3. The van der Waals surface area contributed by atoms with Crippen molar-refractivity contribution in [3.63, 3.8) is 0 Å². The van der Waals surface area contributed by atoms with Crippen molar-refractivity contribution in [2.24, 2.45) is 0 Å². The smallest absolute Gasteiger partial charge is 0.270 e. The minimum atomic E-state index is -0.176. The number of thiazole rings is 1. The Bertz CT molecular complexity index is 1070. The number of hydrogen-bond acceptors (Lipinski definition) is 4. The van der Waals surface area contributed by atoms with Crippen LogP contribution >= 0.6 is 11.3 Å². The van der Waals surface area contributed by atoms with Gasteiger partial charge < -0.3 is 5.32 Å². The molecule has 0 spiro atoms. The highest BCUT2D eigenvalue weighted by Gasteiger charge is 2.12. The summed E-state index contributed by atoms with van der Waals surface area (Å²) in [5.41, 5.74) is 3.28. The predicted octanol–water partition coefficient (Wildman–Crippen LogP) is 4.60. The van der Waals surface area contributed by atoms with Crippen LogP contribution in [0.25, 0.3) is 21.5 Å². The molecule has 0 bridgehead atoms. The van der Waals surface area contributed by atoms with Crippen molar-refractivity contribution in [1.29, 1.82) is 0 Å². The molecule has 0 unspecified atom stereocenters. The molecule has 0 saturated carbocycles. The number of carbonyl (C=O) groups excluding carboxylic acids is 1. The minimum Gasteiger partial charge on any atom is -0.346 e. The number of benzene rings is 2. The molecular formula is C21H17N3OS. The van der Waals surface area contributed by atoms with Gasteiger partial charge in [0.05, 0.1) is 17.8 Å². The Labute approximate surface area is 155 Å². The number of carbonyl (C=O) groups is 1. The third-order valence-electron chi connectivity index (χ3n) is 4.15. The van der Waals surface area contributed by atoms with Gasteiger partial charge in [-0.1, -0.05) is 54.6 Å². The molecule has 2 aromatic heterocycles. The molecule has 1 amide bonds. The average molecular weight is 359 g/mol.